The second-order valence-electron chi connectivity index (χ2n) is 42.4. The van der Waals surface area contributed by atoms with Crippen LogP contribution in [0.1, 0.15) is 302 Å². The quantitative estimate of drug-likeness (QED) is 0.0624. The molecule has 6 aromatic rings. The summed E-state index contributed by atoms with van der Waals surface area (Å²) in [5, 5.41) is 0. The molecule has 3 aromatic heterocycles. The van der Waals surface area contributed by atoms with Crippen molar-refractivity contribution < 1.29 is 141 Å². The summed E-state index contributed by atoms with van der Waals surface area (Å²) in [5.41, 5.74) is 5.81. The molecule has 6 aliphatic heterocycles. The third-order valence-corrected chi connectivity index (χ3v) is 34.0. The number of ether oxygens (including phenoxy) is 9. The summed E-state index contributed by atoms with van der Waals surface area (Å²) in [5.74, 6) is 2.59. The maximum Gasteiger partial charge on any atom is 0.307 e. The average Bonchev–Trinajstić information content (AvgIpc) is 1.60. The van der Waals surface area contributed by atoms with Crippen LogP contribution in [0.25, 0.3) is 33.1 Å². The number of amides is 3. The molecular formula is C109H144N9O18V3-3. The van der Waals surface area contributed by atoms with Gasteiger partial charge in [-0.25, -0.2) is 48.8 Å². The van der Waals surface area contributed by atoms with E-state index < -0.39 is 65.4 Å². The van der Waals surface area contributed by atoms with Gasteiger partial charge in [0, 0.05) is 79.8 Å². The van der Waals surface area contributed by atoms with Gasteiger partial charge in [-0.2, -0.15) is 0 Å². The molecule has 0 spiro atoms. The summed E-state index contributed by atoms with van der Waals surface area (Å²) < 4.78 is 55.0. The van der Waals surface area contributed by atoms with Gasteiger partial charge in [0.1, 0.15) is 69.9 Å². The minimum atomic E-state index is -0.750. The molecule has 7 saturated carbocycles. The zero-order chi connectivity index (χ0) is 94.9. The van der Waals surface area contributed by atoms with E-state index in [1.54, 1.807) is 36.0 Å². The second-order valence-corrected chi connectivity index (χ2v) is 42.4. The second kappa shape index (κ2) is 48.6. The SMILES string of the molecule is CC[C@@H]1[C@@H]2CN(C(=O)[C@H](C3CCCCC3)CC(=O)O[C@@H]3CC4CC4[C@H]3CCCCCc3nc4ccc(OC)cc4nc3O2)[C@@H]1[C-]=O.CC[C@@H]1[C@@H]2CN(C(=O)[C@H](C3CCCCC3)CC(=O)O[C@]3(C)CCC[C@H]3CCCCCc3nc4ccc(OC)cc4nc3O2)[C@@H]1[C-]=O.CC[C@@H]1[C@@H]2CN(C(=O)[C@H](C3CCCCC3)CC(=O)O[C@]3(C)C[C@H]3CCCCCc3nc4ccc(OC)cc4nc3O2)[C@@H]1[C-]=O.[V].[V].[V]. The van der Waals surface area contributed by atoms with Crippen molar-refractivity contribution in [1.82, 2.24) is 44.6 Å². The molecule has 3 amide bonds. The number of aryl methyl sites for hydroxylation is 3. The van der Waals surface area contributed by atoms with Gasteiger partial charge < -0.3 is 71.7 Å². The molecule has 751 valence electrons. The third kappa shape index (κ3) is 24.5. The van der Waals surface area contributed by atoms with E-state index in [2.05, 4.69) is 25.8 Å². The van der Waals surface area contributed by atoms with E-state index in [9.17, 15) is 43.2 Å². The van der Waals surface area contributed by atoms with Crippen molar-refractivity contribution in [2.45, 2.75) is 358 Å². The molecule has 7 aliphatic carbocycles. The van der Waals surface area contributed by atoms with Crippen LogP contribution in [0.3, 0.4) is 0 Å². The molecular weight excluding hydrogens is 1880 g/mol. The fraction of sp³-hybridized carbons (Fsp3) is 0.697. The molecule has 27 nitrogen and oxygen atoms in total. The molecule has 3 saturated heterocycles. The van der Waals surface area contributed by atoms with Crippen LogP contribution in [0.5, 0.6) is 34.9 Å². The van der Waals surface area contributed by atoms with Crippen molar-refractivity contribution >= 4 is 87.6 Å². The van der Waals surface area contributed by atoms with Gasteiger partial charge >= 0.3 is 17.9 Å². The maximum absolute atomic E-state index is 14.5. The number of fused-ring (bicyclic) bond motifs is 17. The molecule has 20 atom stereocenters. The van der Waals surface area contributed by atoms with Crippen molar-refractivity contribution in [3.05, 3.63) is 71.7 Å². The van der Waals surface area contributed by atoms with Gasteiger partial charge in [-0.1, -0.05) is 154 Å². The molecule has 30 heteroatoms. The monoisotopic (exact) mass is 2020 g/mol. The number of hydrogen-bond donors (Lipinski definition) is 0. The van der Waals surface area contributed by atoms with Crippen LogP contribution in [0.15, 0.2) is 54.6 Å². The molecule has 0 N–H and O–H groups in total. The van der Waals surface area contributed by atoms with Crippen LogP contribution < -0.4 is 28.4 Å². The van der Waals surface area contributed by atoms with Gasteiger partial charge in [0.05, 0.1) is 111 Å². The Bertz CT molecular complexity index is 5150. The molecule has 3 aromatic carbocycles. The van der Waals surface area contributed by atoms with Crippen molar-refractivity contribution in [3.8, 4) is 34.9 Å². The van der Waals surface area contributed by atoms with E-state index in [0.717, 1.165) is 246 Å². The van der Waals surface area contributed by atoms with E-state index in [0.29, 0.717) is 113 Å². The van der Waals surface area contributed by atoms with Gasteiger partial charge in [0.2, 0.25) is 35.4 Å². The van der Waals surface area contributed by atoms with Crippen molar-refractivity contribution in [2.75, 3.05) is 41.0 Å². The van der Waals surface area contributed by atoms with E-state index in [1.807, 2.05) is 82.3 Å². The minimum Gasteiger partial charge on any atom is -0.540 e. The van der Waals surface area contributed by atoms with E-state index in [4.69, 9.17) is 72.5 Å². The van der Waals surface area contributed by atoms with Gasteiger partial charge in [-0.05, 0) is 244 Å². The molecule has 139 heavy (non-hydrogen) atoms. The number of esters is 3. The Balaban J connectivity index is 0.000000164. The number of carbonyl (C=O) groups excluding carboxylic acids is 9. The largest absolute Gasteiger partial charge is 0.540 e. The Morgan fingerprint density at radius 2 is 0.698 bits per heavy atom. The normalized spacial score (nSPS) is 31.9. The summed E-state index contributed by atoms with van der Waals surface area (Å²) in [7, 11) is 4.87. The Morgan fingerprint density at radius 1 is 0.360 bits per heavy atom. The van der Waals surface area contributed by atoms with Crippen LogP contribution in [-0.2, 0) is 132 Å². The number of benzene rings is 3. The molecule has 2 unspecified atom stereocenters. The summed E-state index contributed by atoms with van der Waals surface area (Å²) in [4.78, 5) is 156. The molecule has 10 fully saturated rings. The van der Waals surface area contributed by atoms with E-state index in [1.165, 1.54) is 6.42 Å². The van der Waals surface area contributed by atoms with Crippen LogP contribution in [0, 0.1) is 82.9 Å². The Hall–Kier alpha value is -7.94. The molecule has 9 heterocycles. The first-order valence-corrected chi connectivity index (χ1v) is 52.3. The minimum absolute atomic E-state index is 0. The average molecular weight is 2020 g/mol. The van der Waals surface area contributed by atoms with Crippen LogP contribution in [-0.4, -0.2) is 194 Å². The van der Waals surface area contributed by atoms with Gasteiger partial charge in [-0.3, -0.25) is 28.8 Å². The summed E-state index contributed by atoms with van der Waals surface area (Å²) in [6, 6.07) is 14.7. The first-order valence-electron chi connectivity index (χ1n) is 52.3. The number of methoxy groups -OCH3 is 3. The third-order valence-electron chi connectivity index (χ3n) is 34.0. The zero-order valence-corrected chi connectivity index (χ0v) is 87.0. The van der Waals surface area contributed by atoms with Crippen molar-refractivity contribution in [2.24, 2.45) is 82.9 Å². The zero-order valence-electron chi connectivity index (χ0n) is 82.9. The predicted molar refractivity (Wildman–Crippen MR) is 511 cm³/mol. The van der Waals surface area contributed by atoms with Gasteiger partial charge in [0.25, 0.3) is 0 Å². The van der Waals surface area contributed by atoms with E-state index in [-0.39, 0.29) is 172 Å². The molecule has 13 aliphatic rings. The number of aromatic nitrogens is 6. The fourth-order valence-corrected chi connectivity index (χ4v) is 26.0. The number of carbonyl (C=O) groups is 6. The van der Waals surface area contributed by atoms with Crippen LogP contribution in [0.2, 0.25) is 0 Å². The van der Waals surface area contributed by atoms with Crippen molar-refractivity contribution in [3.63, 3.8) is 0 Å². The predicted octanol–water partition coefficient (Wildman–Crippen LogP) is 18.3. The summed E-state index contributed by atoms with van der Waals surface area (Å²) >= 11 is 0. The molecule has 3 radical (unpaired) electrons. The van der Waals surface area contributed by atoms with Gasteiger partial charge in [-0.15, -0.1) is 0 Å². The maximum atomic E-state index is 14.5. The number of rotatable bonds is 12. The molecule has 6 bridgehead atoms. The smallest absolute Gasteiger partial charge is 0.307 e. The van der Waals surface area contributed by atoms with Crippen LogP contribution >= 0.6 is 0 Å². The van der Waals surface area contributed by atoms with Gasteiger partial charge in [0.15, 0.2) is 0 Å². The van der Waals surface area contributed by atoms with Crippen molar-refractivity contribution in [1.29, 1.82) is 0 Å². The fourth-order valence-electron chi connectivity index (χ4n) is 26.0. The first kappa shape index (κ1) is 107. The number of nitrogens with zero attached hydrogens (tertiary/aromatic N) is 9. The van der Waals surface area contributed by atoms with Crippen LogP contribution in [0.4, 0.5) is 0 Å². The summed E-state index contributed by atoms with van der Waals surface area (Å²) in [6.07, 6.45) is 42.8. The molecule has 19 rings (SSSR count). The Morgan fingerprint density at radius 3 is 1.06 bits per heavy atom. The topological polar surface area (TPSA) is 324 Å². The Kier molecular flexibility index (Phi) is 37.4. The number of hydrogen-bond acceptors (Lipinski definition) is 24. The first-order chi connectivity index (χ1) is 66.1. The van der Waals surface area contributed by atoms with E-state index >= 15 is 0 Å². The standard InChI is InChI=1S/C37H48N3O6.C37H50N3O6.C35H46N3O6.3V/c1-3-25-32(21-41)40-20-34(25)46-36-30(38-29-15-14-24(44-2)18-31(29)39-36)13-9-5-8-12-26-27-16-23(27)17-33(26)45-35(42)19-28(37(40)43)22-10-6-4-7-11-22;1-4-27-32(23-41)40-22-33(27)45-35-30(38-29-18-17-26(44-3)20-31(29)39-35)16-10-6-9-14-25-15-11-19-37(25,2)46-34(42)21-28(36(40)43)24-12-7-5-8-13-24;1-4-25-30(21-39)38-20-31(25)43-33-28(36-27-16-15-24(42-3)17-29(27)37-33)14-10-6-9-13-23-19-35(23,2)44-32(40)18-26(34(38)41)22-11-7-5-8-12-22;;;/h14-15,18,22-23,25-28,32-34H,3-13,16-17,19-20H2,1-2H3;17-18,20,24-25,27-28,32-33H,4-16,19,21-22H2,1-3H3;15-17,22-23,25-26,30-31H,4-14,18-20H2,1-3H3;;;/q3*-1;;;/t23?,25-,26+,27?,28-,32+,33+,34-;25-,27+,28+,32-,33+,37-;23-,25+,26+,30-,31+,35-;;;/m011.../s1. The Labute approximate surface area is 856 Å². The summed E-state index contributed by atoms with van der Waals surface area (Å²) in [6.45, 7) is 10.9.